The van der Waals surface area contributed by atoms with E-state index in [1.54, 1.807) is 30.5 Å². The van der Waals surface area contributed by atoms with Gasteiger partial charge in [-0.05, 0) is 48.9 Å². The average Bonchev–Trinajstić information content (AvgIpc) is 3.27. The fourth-order valence-corrected chi connectivity index (χ4v) is 4.07. The molecule has 1 fully saturated rings. The van der Waals surface area contributed by atoms with Gasteiger partial charge in [-0.2, -0.15) is 0 Å². The Kier molecular flexibility index (Phi) is 4.36. The molecule has 136 valence electrons. The summed E-state index contributed by atoms with van der Waals surface area (Å²) < 4.78 is 0. The minimum atomic E-state index is -0.932. The van der Waals surface area contributed by atoms with Gasteiger partial charge >= 0.3 is 0 Å². The number of hydrogen-bond donors (Lipinski definition) is 1. The van der Waals surface area contributed by atoms with Crippen LogP contribution in [-0.4, -0.2) is 58.2 Å². The molecule has 0 saturated carbocycles. The summed E-state index contributed by atoms with van der Waals surface area (Å²) in [5.74, 6) is 0.724. The van der Waals surface area contributed by atoms with Crippen molar-refractivity contribution < 1.29 is 9.90 Å². The zero-order chi connectivity index (χ0) is 18.1. The van der Waals surface area contributed by atoms with Crippen molar-refractivity contribution in [2.24, 2.45) is 0 Å². The lowest BCUT2D eigenvalue weighted by Crippen LogP contribution is -2.46. The molecule has 6 heteroatoms. The van der Waals surface area contributed by atoms with E-state index in [4.69, 9.17) is 0 Å². The van der Waals surface area contributed by atoms with Crippen LogP contribution in [0.5, 0.6) is 0 Å². The highest BCUT2D eigenvalue weighted by molar-refractivity contribution is 5.94. The van der Waals surface area contributed by atoms with E-state index < -0.39 is 5.60 Å². The van der Waals surface area contributed by atoms with E-state index in [9.17, 15) is 9.90 Å². The summed E-state index contributed by atoms with van der Waals surface area (Å²) in [4.78, 5) is 24.8. The number of benzene rings is 1. The molecule has 1 aromatic carbocycles. The first-order valence-corrected chi connectivity index (χ1v) is 9.15. The highest BCUT2D eigenvalue weighted by Gasteiger charge is 2.38. The SMILES string of the molecule is CN(CC1(O)CCN(c2cnccn2)C1)C(=O)c1ccc2c(c1)CCC2. The van der Waals surface area contributed by atoms with Crippen LogP contribution in [0.3, 0.4) is 0 Å². The minimum absolute atomic E-state index is 0.0360. The van der Waals surface area contributed by atoms with E-state index in [1.807, 2.05) is 17.0 Å². The van der Waals surface area contributed by atoms with Crippen LogP contribution in [0.2, 0.25) is 0 Å². The summed E-state index contributed by atoms with van der Waals surface area (Å²) >= 11 is 0. The summed E-state index contributed by atoms with van der Waals surface area (Å²) in [5.41, 5.74) is 2.43. The van der Waals surface area contributed by atoms with E-state index in [0.717, 1.165) is 18.7 Å². The van der Waals surface area contributed by atoms with E-state index in [0.29, 0.717) is 31.6 Å². The first-order valence-electron chi connectivity index (χ1n) is 9.15. The van der Waals surface area contributed by atoms with Crippen molar-refractivity contribution in [2.75, 3.05) is 31.6 Å². The summed E-state index contributed by atoms with van der Waals surface area (Å²) in [5, 5.41) is 11.0. The summed E-state index contributed by atoms with van der Waals surface area (Å²) in [6, 6.07) is 6.00. The van der Waals surface area contributed by atoms with Gasteiger partial charge in [-0.25, -0.2) is 4.98 Å². The van der Waals surface area contributed by atoms with Crippen LogP contribution in [0.4, 0.5) is 5.82 Å². The van der Waals surface area contributed by atoms with Gasteiger partial charge < -0.3 is 14.9 Å². The van der Waals surface area contributed by atoms with Crippen molar-refractivity contribution in [3.05, 3.63) is 53.5 Å². The molecule has 0 bridgehead atoms. The molecule has 1 saturated heterocycles. The Bertz CT molecular complexity index is 811. The lowest BCUT2D eigenvalue weighted by molar-refractivity contribution is 0.0264. The van der Waals surface area contributed by atoms with Crippen molar-refractivity contribution in [3.8, 4) is 0 Å². The number of carbonyl (C=O) groups excluding carboxylic acids is 1. The minimum Gasteiger partial charge on any atom is -0.386 e. The zero-order valence-electron chi connectivity index (χ0n) is 15.1. The average molecular weight is 352 g/mol. The number of nitrogens with zero attached hydrogens (tertiary/aromatic N) is 4. The van der Waals surface area contributed by atoms with E-state index >= 15 is 0 Å². The Morgan fingerprint density at radius 1 is 1.31 bits per heavy atom. The molecular weight excluding hydrogens is 328 g/mol. The second-order valence-corrected chi connectivity index (χ2v) is 7.46. The quantitative estimate of drug-likeness (QED) is 0.907. The molecule has 2 aliphatic rings. The van der Waals surface area contributed by atoms with Crippen molar-refractivity contribution in [2.45, 2.75) is 31.3 Å². The van der Waals surface area contributed by atoms with Crippen LogP contribution < -0.4 is 4.90 Å². The molecule has 2 heterocycles. The van der Waals surface area contributed by atoms with E-state index in [2.05, 4.69) is 16.0 Å². The monoisotopic (exact) mass is 352 g/mol. The molecule has 6 nitrogen and oxygen atoms in total. The number of β-amino-alcohol motifs (C(OH)–C–C–N with tert-alkyl or cyclic N) is 1. The second-order valence-electron chi connectivity index (χ2n) is 7.46. The van der Waals surface area contributed by atoms with Crippen molar-refractivity contribution >= 4 is 11.7 Å². The Hall–Kier alpha value is -2.47. The number of aromatic nitrogens is 2. The van der Waals surface area contributed by atoms with Crippen LogP contribution in [-0.2, 0) is 12.8 Å². The van der Waals surface area contributed by atoms with Crippen LogP contribution >= 0.6 is 0 Å². The molecule has 26 heavy (non-hydrogen) atoms. The number of likely N-dealkylation sites (N-methyl/N-ethyl adjacent to an activating group) is 1. The summed E-state index contributed by atoms with van der Waals surface area (Å²) in [6.07, 6.45) is 8.91. The van der Waals surface area contributed by atoms with Crippen LogP contribution in [0, 0.1) is 0 Å². The van der Waals surface area contributed by atoms with Crippen LogP contribution in [0.1, 0.15) is 34.3 Å². The molecule has 1 N–H and O–H groups in total. The maximum Gasteiger partial charge on any atom is 0.253 e. The number of aliphatic hydroxyl groups is 1. The number of aryl methyl sites for hydroxylation is 2. The third-order valence-corrected chi connectivity index (χ3v) is 5.43. The Morgan fingerprint density at radius 3 is 2.96 bits per heavy atom. The maximum atomic E-state index is 12.8. The normalized spacial score (nSPS) is 21.7. The molecule has 0 radical (unpaired) electrons. The van der Waals surface area contributed by atoms with E-state index in [-0.39, 0.29) is 5.91 Å². The second kappa shape index (κ2) is 6.68. The highest BCUT2D eigenvalue weighted by Crippen LogP contribution is 2.27. The fourth-order valence-electron chi connectivity index (χ4n) is 4.07. The Balaban J connectivity index is 1.42. The molecule has 1 atom stereocenters. The number of fused-ring (bicyclic) bond motifs is 1. The predicted molar refractivity (Wildman–Crippen MR) is 99.2 cm³/mol. The van der Waals surface area contributed by atoms with Crippen molar-refractivity contribution in [1.29, 1.82) is 0 Å². The standard InChI is InChI=1S/C20H24N4O2/c1-23(19(25)17-6-5-15-3-2-4-16(15)11-17)13-20(26)7-10-24(14-20)18-12-21-8-9-22-18/h5-6,8-9,11-12,26H,2-4,7,10,13-14H2,1H3. The van der Waals surface area contributed by atoms with Gasteiger partial charge in [0.2, 0.25) is 0 Å². The van der Waals surface area contributed by atoms with Gasteiger partial charge in [0.1, 0.15) is 11.4 Å². The third kappa shape index (κ3) is 3.29. The Morgan fingerprint density at radius 2 is 2.15 bits per heavy atom. The zero-order valence-corrected chi connectivity index (χ0v) is 15.1. The molecule has 1 amide bonds. The molecule has 2 aromatic rings. The van der Waals surface area contributed by atoms with Gasteiger partial charge in [-0.15, -0.1) is 0 Å². The van der Waals surface area contributed by atoms with Crippen molar-refractivity contribution in [1.82, 2.24) is 14.9 Å². The van der Waals surface area contributed by atoms with Gasteiger partial charge in [-0.1, -0.05) is 6.07 Å². The number of rotatable bonds is 4. The van der Waals surface area contributed by atoms with Crippen LogP contribution in [0.25, 0.3) is 0 Å². The molecule has 1 aliphatic carbocycles. The topological polar surface area (TPSA) is 69.6 Å². The third-order valence-electron chi connectivity index (χ3n) is 5.43. The lowest BCUT2D eigenvalue weighted by Gasteiger charge is -2.29. The smallest absolute Gasteiger partial charge is 0.253 e. The van der Waals surface area contributed by atoms with Gasteiger partial charge in [0.05, 0.1) is 12.7 Å². The Labute approximate surface area is 153 Å². The molecule has 4 rings (SSSR count). The molecular formula is C20H24N4O2. The number of hydrogen-bond acceptors (Lipinski definition) is 5. The number of carbonyl (C=O) groups is 1. The number of amides is 1. The highest BCUT2D eigenvalue weighted by atomic mass is 16.3. The summed E-state index contributed by atoms with van der Waals surface area (Å²) in [7, 11) is 1.76. The largest absolute Gasteiger partial charge is 0.386 e. The molecule has 1 unspecified atom stereocenters. The predicted octanol–water partition coefficient (Wildman–Crippen LogP) is 1.68. The van der Waals surface area contributed by atoms with Crippen molar-refractivity contribution in [3.63, 3.8) is 0 Å². The van der Waals surface area contributed by atoms with E-state index in [1.165, 1.54) is 17.5 Å². The van der Waals surface area contributed by atoms with Gasteiger partial charge in [0.25, 0.3) is 5.91 Å². The van der Waals surface area contributed by atoms with Gasteiger partial charge in [0, 0.05) is 38.1 Å². The first-order chi connectivity index (χ1) is 12.5. The van der Waals surface area contributed by atoms with Crippen LogP contribution in [0.15, 0.2) is 36.8 Å². The van der Waals surface area contributed by atoms with Gasteiger partial charge in [0.15, 0.2) is 0 Å². The first kappa shape index (κ1) is 17.0. The molecule has 0 spiro atoms. The molecule has 1 aliphatic heterocycles. The molecule has 1 aromatic heterocycles. The lowest BCUT2D eigenvalue weighted by atomic mass is 10.0. The maximum absolute atomic E-state index is 12.8. The number of anilines is 1. The summed E-state index contributed by atoms with van der Waals surface area (Å²) in [6.45, 7) is 1.46. The fraction of sp³-hybridized carbons (Fsp3) is 0.450. The van der Waals surface area contributed by atoms with Gasteiger partial charge in [-0.3, -0.25) is 9.78 Å².